The number of nitrogens with zero attached hydrogens (tertiary/aromatic N) is 2. The van der Waals surface area contributed by atoms with Gasteiger partial charge in [0.2, 0.25) is 0 Å². The maximum absolute atomic E-state index is 12.7. The van der Waals surface area contributed by atoms with Gasteiger partial charge in [-0.3, -0.25) is 4.79 Å². The number of nitrogens with two attached hydrogens (primary N) is 1. The summed E-state index contributed by atoms with van der Waals surface area (Å²) in [5.41, 5.74) is 9.71. The van der Waals surface area contributed by atoms with E-state index in [1.165, 1.54) is 0 Å². The molecule has 0 aliphatic carbocycles. The zero-order valence-corrected chi connectivity index (χ0v) is 12.4. The number of hydrogen-bond donors (Lipinski definition) is 1. The zero-order valence-electron chi connectivity index (χ0n) is 12.4. The normalized spacial score (nSPS) is 13.1. The van der Waals surface area contributed by atoms with Gasteiger partial charge in [0.25, 0.3) is 5.91 Å². The van der Waals surface area contributed by atoms with Gasteiger partial charge >= 0.3 is 0 Å². The van der Waals surface area contributed by atoms with Crippen molar-refractivity contribution in [3.63, 3.8) is 0 Å². The number of fused-ring (bicyclic) bond motifs is 1. The van der Waals surface area contributed by atoms with Gasteiger partial charge in [0.05, 0.1) is 0 Å². The molecule has 0 saturated heterocycles. The topological polar surface area (TPSA) is 72.4 Å². The average Bonchev–Trinajstić information content (AvgIpc) is 3.22. The van der Waals surface area contributed by atoms with Gasteiger partial charge in [-0.15, -0.1) is 0 Å². The standard InChI is InChI=1S/C18H15N3O2/c19-14-6-7-16-13(10-14)8-9-21(16)18(22)15-11-17(23-20-15)12-4-2-1-3-5-12/h1-7,10-11H,8-9,19H2. The molecule has 2 N–H and O–H groups in total. The smallest absolute Gasteiger partial charge is 0.280 e. The van der Waals surface area contributed by atoms with E-state index in [4.69, 9.17) is 10.3 Å². The molecular formula is C18H15N3O2. The summed E-state index contributed by atoms with van der Waals surface area (Å²) in [5, 5.41) is 3.94. The molecule has 0 radical (unpaired) electrons. The number of hydrogen-bond acceptors (Lipinski definition) is 4. The summed E-state index contributed by atoms with van der Waals surface area (Å²) in [4.78, 5) is 14.4. The van der Waals surface area contributed by atoms with Crippen LogP contribution in [0.2, 0.25) is 0 Å². The van der Waals surface area contributed by atoms with E-state index in [0.29, 0.717) is 23.7 Å². The van der Waals surface area contributed by atoms with Crippen molar-refractivity contribution in [1.29, 1.82) is 0 Å². The van der Waals surface area contributed by atoms with Crippen molar-refractivity contribution in [1.82, 2.24) is 5.16 Å². The fourth-order valence-electron chi connectivity index (χ4n) is 2.89. The van der Waals surface area contributed by atoms with Crippen LogP contribution < -0.4 is 10.6 Å². The Balaban J connectivity index is 1.63. The van der Waals surface area contributed by atoms with Crippen molar-refractivity contribution < 1.29 is 9.32 Å². The first kappa shape index (κ1) is 13.6. The van der Waals surface area contributed by atoms with Gasteiger partial charge in [0.15, 0.2) is 11.5 Å². The summed E-state index contributed by atoms with van der Waals surface area (Å²) in [6.07, 6.45) is 0.801. The van der Waals surface area contributed by atoms with Crippen LogP contribution in [0.3, 0.4) is 0 Å². The quantitative estimate of drug-likeness (QED) is 0.738. The Hall–Kier alpha value is -3.08. The molecule has 2 aromatic carbocycles. The lowest BCUT2D eigenvalue weighted by atomic mass is 10.1. The van der Waals surface area contributed by atoms with Crippen molar-refractivity contribution >= 4 is 17.3 Å². The lowest BCUT2D eigenvalue weighted by molar-refractivity contribution is 0.0981. The molecule has 5 nitrogen and oxygen atoms in total. The van der Waals surface area contributed by atoms with E-state index in [0.717, 1.165) is 23.2 Å². The molecule has 0 fully saturated rings. The van der Waals surface area contributed by atoms with Crippen LogP contribution in [0.5, 0.6) is 0 Å². The highest BCUT2D eigenvalue weighted by Gasteiger charge is 2.27. The molecule has 114 valence electrons. The molecule has 3 aromatic rings. The van der Waals surface area contributed by atoms with Crippen LogP contribution in [-0.2, 0) is 6.42 Å². The molecule has 0 bridgehead atoms. The van der Waals surface area contributed by atoms with Crippen LogP contribution >= 0.6 is 0 Å². The van der Waals surface area contributed by atoms with Crippen LogP contribution in [0.1, 0.15) is 16.1 Å². The van der Waals surface area contributed by atoms with Crippen LogP contribution in [0.15, 0.2) is 59.1 Å². The van der Waals surface area contributed by atoms with Crippen molar-refractivity contribution in [3.8, 4) is 11.3 Å². The first-order valence-electron chi connectivity index (χ1n) is 7.45. The highest BCUT2D eigenvalue weighted by molar-refractivity contribution is 6.06. The van der Waals surface area contributed by atoms with Gasteiger partial charge in [0.1, 0.15) is 0 Å². The molecule has 0 atom stereocenters. The Morgan fingerprint density at radius 1 is 1.13 bits per heavy atom. The van der Waals surface area contributed by atoms with Gasteiger partial charge in [-0.05, 0) is 30.2 Å². The van der Waals surface area contributed by atoms with Gasteiger partial charge < -0.3 is 15.2 Å². The van der Waals surface area contributed by atoms with E-state index in [1.54, 1.807) is 11.0 Å². The number of nitrogen functional groups attached to an aromatic ring is 1. The number of rotatable bonds is 2. The molecule has 4 rings (SSSR count). The second-order valence-electron chi connectivity index (χ2n) is 5.54. The average molecular weight is 305 g/mol. The van der Waals surface area contributed by atoms with Crippen LogP contribution in [0, 0.1) is 0 Å². The SMILES string of the molecule is Nc1ccc2c(c1)CCN2C(=O)c1cc(-c2ccccc2)on1. The predicted octanol–water partition coefficient (Wildman–Crippen LogP) is 3.13. The molecule has 1 amide bonds. The minimum atomic E-state index is -0.153. The Morgan fingerprint density at radius 3 is 2.78 bits per heavy atom. The second kappa shape index (κ2) is 5.28. The largest absolute Gasteiger partial charge is 0.399 e. The molecule has 0 spiro atoms. The summed E-state index contributed by atoms with van der Waals surface area (Å²) < 4.78 is 5.32. The van der Waals surface area contributed by atoms with Gasteiger partial charge in [-0.2, -0.15) is 0 Å². The molecular weight excluding hydrogens is 290 g/mol. The van der Waals surface area contributed by atoms with Crippen LogP contribution in [0.4, 0.5) is 11.4 Å². The molecule has 5 heteroatoms. The third kappa shape index (κ3) is 2.36. The summed E-state index contributed by atoms with van der Waals surface area (Å²) in [7, 11) is 0. The number of carbonyl (C=O) groups is 1. The Bertz CT molecular complexity index is 871. The maximum atomic E-state index is 12.7. The lowest BCUT2D eigenvalue weighted by Crippen LogP contribution is -2.29. The second-order valence-corrected chi connectivity index (χ2v) is 5.54. The van der Waals surface area contributed by atoms with Crippen molar-refractivity contribution in [2.45, 2.75) is 6.42 Å². The lowest BCUT2D eigenvalue weighted by Gasteiger charge is -2.15. The number of benzene rings is 2. The Labute approximate surface area is 133 Å². The molecule has 1 aromatic heterocycles. The molecule has 0 unspecified atom stereocenters. The Morgan fingerprint density at radius 2 is 1.96 bits per heavy atom. The van der Waals surface area contributed by atoms with Crippen LogP contribution in [-0.4, -0.2) is 17.6 Å². The molecule has 2 heterocycles. The number of amides is 1. The fourth-order valence-corrected chi connectivity index (χ4v) is 2.89. The molecule has 1 aliphatic heterocycles. The van der Waals surface area contributed by atoms with Crippen LogP contribution in [0.25, 0.3) is 11.3 Å². The van der Waals surface area contributed by atoms with Crippen molar-refractivity contribution in [3.05, 3.63) is 65.9 Å². The number of anilines is 2. The van der Waals surface area contributed by atoms with Crippen molar-refractivity contribution in [2.24, 2.45) is 0 Å². The van der Waals surface area contributed by atoms with E-state index < -0.39 is 0 Å². The van der Waals surface area contributed by atoms with Gasteiger partial charge in [-0.1, -0.05) is 35.5 Å². The number of carbonyl (C=O) groups excluding carboxylic acids is 1. The summed E-state index contributed by atoms with van der Waals surface area (Å²) in [5.74, 6) is 0.435. The van der Waals surface area contributed by atoms with E-state index in [9.17, 15) is 4.79 Å². The maximum Gasteiger partial charge on any atom is 0.280 e. The number of aromatic nitrogens is 1. The zero-order chi connectivity index (χ0) is 15.8. The first-order valence-corrected chi connectivity index (χ1v) is 7.45. The Kier molecular flexibility index (Phi) is 3.12. The highest BCUT2D eigenvalue weighted by atomic mass is 16.5. The van der Waals surface area contributed by atoms with Gasteiger partial charge in [-0.25, -0.2) is 0 Å². The summed E-state index contributed by atoms with van der Waals surface area (Å²) in [6, 6.07) is 16.9. The van der Waals surface area contributed by atoms with Gasteiger partial charge in [0, 0.05) is 29.5 Å². The van der Waals surface area contributed by atoms with E-state index >= 15 is 0 Å². The summed E-state index contributed by atoms with van der Waals surface area (Å²) in [6.45, 7) is 0.630. The van der Waals surface area contributed by atoms with E-state index in [2.05, 4.69) is 5.16 Å². The third-order valence-corrected chi connectivity index (χ3v) is 4.03. The highest BCUT2D eigenvalue weighted by Crippen LogP contribution is 2.31. The van der Waals surface area contributed by atoms with E-state index in [1.807, 2.05) is 48.5 Å². The fraction of sp³-hybridized carbons (Fsp3) is 0.111. The minimum absolute atomic E-state index is 0.153. The van der Waals surface area contributed by atoms with E-state index in [-0.39, 0.29) is 5.91 Å². The molecule has 1 aliphatic rings. The third-order valence-electron chi connectivity index (χ3n) is 4.03. The predicted molar refractivity (Wildman–Crippen MR) is 88.2 cm³/mol. The van der Waals surface area contributed by atoms with Crippen molar-refractivity contribution in [2.75, 3.05) is 17.2 Å². The molecule has 0 saturated carbocycles. The summed E-state index contributed by atoms with van der Waals surface area (Å²) >= 11 is 0. The minimum Gasteiger partial charge on any atom is -0.399 e. The monoisotopic (exact) mass is 305 g/mol. The molecule has 23 heavy (non-hydrogen) atoms. The first-order chi connectivity index (χ1) is 11.2.